The zero-order valence-corrected chi connectivity index (χ0v) is 9.61. The van der Waals surface area contributed by atoms with E-state index >= 15 is 0 Å². The van der Waals surface area contributed by atoms with Gasteiger partial charge in [-0.15, -0.1) is 0 Å². The lowest BCUT2D eigenvalue weighted by atomic mass is 10.1. The molecule has 1 aliphatic rings. The van der Waals surface area contributed by atoms with Gasteiger partial charge in [-0.05, 0) is 31.7 Å². The minimum absolute atomic E-state index is 0.0963. The van der Waals surface area contributed by atoms with Gasteiger partial charge in [0.1, 0.15) is 0 Å². The lowest BCUT2D eigenvalue weighted by molar-refractivity contribution is 0.120. The topological polar surface area (TPSA) is 49.5 Å². The maximum absolute atomic E-state index is 9.28. The maximum atomic E-state index is 9.28. The van der Waals surface area contributed by atoms with Crippen molar-refractivity contribution in [3.8, 4) is 0 Å². The summed E-state index contributed by atoms with van der Waals surface area (Å²) in [7, 11) is 2.07. The van der Waals surface area contributed by atoms with Crippen LogP contribution in [0.4, 0.5) is 0 Å². The van der Waals surface area contributed by atoms with Crippen LogP contribution in [0.25, 0.3) is 0 Å². The van der Waals surface area contributed by atoms with E-state index in [2.05, 4.69) is 25.8 Å². The smallest absolute Gasteiger partial charge is 0.0601 e. The molecule has 0 spiro atoms. The normalized spacial score (nSPS) is 30.4. The summed E-state index contributed by atoms with van der Waals surface area (Å²) < 4.78 is 0. The molecule has 3 N–H and O–H groups in total. The molecule has 4 unspecified atom stereocenters. The van der Waals surface area contributed by atoms with Crippen LogP contribution < -0.4 is 5.73 Å². The minimum Gasteiger partial charge on any atom is -0.395 e. The third-order valence-electron chi connectivity index (χ3n) is 3.52. The molecule has 1 saturated carbocycles. The summed E-state index contributed by atoms with van der Waals surface area (Å²) in [4.78, 5) is 2.22. The van der Waals surface area contributed by atoms with Gasteiger partial charge in [-0.1, -0.05) is 13.8 Å². The van der Waals surface area contributed by atoms with Crippen LogP contribution in [0.2, 0.25) is 0 Å². The van der Waals surface area contributed by atoms with Crippen molar-refractivity contribution in [3.05, 3.63) is 0 Å². The van der Waals surface area contributed by atoms with Gasteiger partial charge in [0.05, 0.1) is 6.61 Å². The first-order valence-electron chi connectivity index (χ1n) is 5.66. The molecule has 0 aromatic carbocycles. The van der Waals surface area contributed by atoms with E-state index in [0.717, 1.165) is 24.8 Å². The number of hydrogen-bond donors (Lipinski definition) is 2. The highest BCUT2D eigenvalue weighted by molar-refractivity contribution is 4.88. The first-order chi connectivity index (χ1) is 6.60. The summed E-state index contributed by atoms with van der Waals surface area (Å²) in [5.41, 5.74) is 5.96. The molecule has 1 rings (SSSR count). The van der Waals surface area contributed by atoms with Crippen molar-refractivity contribution in [1.29, 1.82) is 0 Å². The van der Waals surface area contributed by atoms with Crippen molar-refractivity contribution in [1.82, 2.24) is 4.90 Å². The molecule has 0 amide bonds. The number of aliphatic hydroxyl groups excluding tert-OH is 1. The Labute approximate surface area is 87.3 Å². The molecule has 0 aliphatic heterocycles. The third-order valence-corrected chi connectivity index (χ3v) is 3.52. The summed E-state index contributed by atoms with van der Waals surface area (Å²) >= 11 is 0. The van der Waals surface area contributed by atoms with Crippen LogP contribution in [0.5, 0.6) is 0 Å². The van der Waals surface area contributed by atoms with Crippen LogP contribution in [0.15, 0.2) is 0 Å². The first-order valence-corrected chi connectivity index (χ1v) is 5.66. The third kappa shape index (κ3) is 2.94. The minimum atomic E-state index is 0.0963. The Morgan fingerprint density at radius 2 is 2.14 bits per heavy atom. The molecular formula is C11H24N2O. The van der Waals surface area contributed by atoms with Gasteiger partial charge in [-0.3, -0.25) is 4.90 Å². The largest absolute Gasteiger partial charge is 0.395 e. The van der Waals surface area contributed by atoms with Crippen molar-refractivity contribution >= 4 is 0 Å². The van der Waals surface area contributed by atoms with Gasteiger partial charge >= 0.3 is 0 Å². The molecule has 84 valence electrons. The second kappa shape index (κ2) is 5.10. The van der Waals surface area contributed by atoms with Crippen molar-refractivity contribution in [2.45, 2.75) is 38.8 Å². The Bertz CT molecular complexity index is 175. The molecule has 0 heterocycles. The molecule has 3 nitrogen and oxygen atoms in total. The summed E-state index contributed by atoms with van der Waals surface area (Å²) in [6.07, 6.45) is 2.26. The van der Waals surface area contributed by atoms with Crippen molar-refractivity contribution in [3.63, 3.8) is 0 Å². The van der Waals surface area contributed by atoms with Crippen LogP contribution in [0.1, 0.15) is 26.7 Å². The highest BCUT2D eigenvalue weighted by atomic mass is 16.3. The fourth-order valence-electron chi connectivity index (χ4n) is 2.03. The Morgan fingerprint density at radius 3 is 2.50 bits per heavy atom. The summed E-state index contributed by atoms with van der Waals surface area (Å²) in [6.45, 7) is 5.61. The van der Waals surface area contributed by atoms with E-state index in [1.165, 1.54) is 6.42 Å². The van der Waals surface area contributed by atoms with Crippen LogP contribution in [0.3, 0.4) is 0 Å². The molecule has 0 saturated heterocycles. The zero-order chi connectivity index (χ0) is 10.7. The highest BCUT2D eigenvalue weighted by Crippen LogP contribution is 2.38. The Morgan fingerprint density at radius 1 is 1.57 bits per heavy atom. The van der Waals surface area contributed by atoms with Crippen molar-refractivity contribution in [2.75, 3.05) is 20.2 Å². The molecule has 0 aromatic heterocycles. The van der Waals surface area contributed by atoms with Crippen LogP contribution >= 0.6 is 0 Å². The van der Waals surface area contributed by atoms with Gasteiger partial charge in [0.2, 0.25) is 0 Å². The molecule has 0 aromatic rings. The van der Waals surface area contributed by atoms with E-state index in [0.29, 0.717) is 0 Å². The fraction of sp³-hybridized carbons (Fsp3) is 1.00. The van der Waals surface area contributed by atoms with Crippen LogP contribution in [-0.2, 0) is 0 Å². The SMILES string of the molecule is CCC(N)C(CO)N(C)CC1CC1C. The second-order valence-corrected chi connectivity index (χ2v) is 4.73. The molecule has 1 aliphatic carbocycles. The number of nitrogens with zero attached hydrogens (tertiary/aromatic N) is 1. The van der Waals surface area contributed by atoms with Crippen LogP contribution in [-0.4, -0.2) is 42.3 Å². The zero-order valence-electron chi connectivity index (χ0n) is 9.61. The summed E-state index contributed by atoms with van der Waals surface area (Å²) in [5, 5.41) is 9.28. The first kappa shape index (κ1) is 12.0. The quantitative estimate of drug-likeness (QED) is 0.662. The van der Waals surface area contributed by atoms with Crippen molar-refractivity contribution in [2.24, 2.45) is 17.6 Å². The fourth-order valence-corrected chi connectivity index (χ4v) is 2.03. The molecule has 4 atom stereocenters. The lowest BCUT2D eigenvalue weighted by Gasteiger charge is -2.30. The van der Waals surface area contributed by atoms with E-state index in [1.807, 2.05) is 0 Å². The van der Waals surface area contributed by atoms with Gasteiger partial charge < -0.3 is 10.8 Å². The molecule has 14 heavy (non-hydrogen) atoms. The molecule has 0 bridgehead atoms. The second-order valence-electron chi connectivity index (χ2n) is 4.73. The monoisotopic (exact) mass is 200 g/mol. The van der Waals surface area contributed by atoms with Gasteiger partial charge in [0.25, 0.3) is 0 Å². The van der Waals surface area contributed by atoms with Gasteiger partial charge in [0.15, 0.2) is 0 Å². The molecule has 3 heteroatoms. The highest BCUT2D eigenvalue weighted by Gasteiger charge is 2.35. The Hall–Kier alpha value is -0.120. The van der Waals surface area contributed by atoms with Crippen molar-refractivity contribution < 1.29 is 5.11 Å². The standard InChI is InChI=1S/C11H24N2O/c1-4-10(12)11(7-14)13(3)6-9-5-8(9)2/h8-11,14H,4-7,12H2,1-3H3. The molecule has 1 fully saturated rings. The predicted octanol–water partition coefficient (Wildman–Crippen LogP) is 0.672. The van der Waals surface area contributed by atoms with Crippen LogP contribution in [0, 0.1) is 11.8 Å². The summed E-state index contributed by atoms with van der Waals surface area (Å²) in [6, 6.07) is 0.229. The van der Waals surface area contributed by atoms with E-state index in [4.69, 9.17) is 5.73 Å². The number of aliphatic hydroxyl groups is 1. The van der Waals surface area contributed by atoms with Gasteiger partial charge in [-0.25, -0.2) is 0 Å². The Kier molecular flexibility index (Phi) is 4.35. The number of rotatable bonds is 6. The van der Waals surface area contributed by atoms with E-state index in [-0.39, 0.29) is 18.7 Å². The number of likely N-dealkylation sites (N-methyl/N-ethyl adjacent to an activating group) is 1. The van der Waals surface area contributed by atoms with E-state index < -0.39 is 0 Å². The predicted molar refractivity (Wildman–Crippen MR) is 59.0 cm³/mol. The number of nitrogens with two attached hydrogens (primary N) is 1. The van der Waals surface area contributed by atoms with Gasteiger partial charge in [-0.2, -0.15) is 0 Å². The summed E-state index contributed by atoms with van der Waals surface area (Å²) in [5.74, 6) is 1.70. The molecular weight excluding hydrogens is 176 g/mol. The lowest BCUT2D eigenvalue weighted by Crippen LogP contribution is -2.48. The maximum Gasteiger partial charge on any atom is 0.0601 e. The average Bonchev–Trinajstić information content (AvgIpc) is 2.82. The van der Waals surface area contributed by atoms with E-state index in [9.17, 15) is 5.11 Å². The number of hydrogen-bond acceptors (Lipinski definition) is 3. The van der Waals surface area contributed by atoms with E-state index in [1.54, 1.807) is 0 Å². The molecule has 0 radical (unpaired) electrons. The van der Waals surface area contributed by atoms with Gasteiger partial charge in [0, 0.05) is 18.6 Å². The average molecular weight is 200 g/mol. The Balaban J connectivity index is 2.35.